The number of piperazine rings is 1. The normalized spacial score (nSPS) is 18.5. The Kier molecular flexibility index (Phi) is 3.81. The van der Waals surface area contributed by atoms with Crippen LogP contribution in [0.1, 0.15) is 24.2 Å². The van der Waals surface area contributed by atoms with Gasteiger partial charge >= 0.3 is 6.09 Å². The molecular weight excluding hydrogens is 338 g/mol. The van der Waals surface area contributed by atoms with Gasteiger partial charge in [-0.15, -0.1) is 0 Å². The van der Waals surface area contributed by atoms with Crippen LogP contribution in [0.25, 0.3) is 10.9 Å². The van der Waals surface area contributed by atoms with Gasteiger partial charge in [-0.25, -0.2) is 4.79 Å². The van der Waals surface area contributed by atoms with Crippen LogP contribution in [0.2, 0.25) is 0 Å². The third kappa shape index (κ3) is 2.57. The van der Waals surface area contributed by atoms with Crippen molar-refractivity contribution in [3.8, 4) is 0 Å². The number of rotatable bonds is 1. The molecular formula is C22H23N3O2. The zero-order valence-corrected chi connectivity index (χ0v) is 15.5. The molecule has 0 bridgehead atoms. The van der Waals surface area contributed by atoms with E-state index in [4.69, 9.17) is 4.74 Å². The number of benzene rings is 2. The van der Waals surface area contributed by atoms with E-state index in [1.807, 2.05) is 11.8 Å². The minimum absolute atomic E-state index is 0.124. The minimum atomic E-state index is -0.211. The van der Waals surface area contributed by atoms with E-state index in [2.05, 4.69) is 64.1 Å². The van der Waals surface area contributed by atoms with Crippen LogP contribution in [0.3, 0.4) is 0 Å². The highest BCUT2D eigenvalue weighted by Crippen LogP contribution is 2.39. The lowest BCUT2D eigenvalue weighted by Gasteiger charge is -2.41. The van der Waals surface area contributed by atoms with E-state index in [1.54, 1.807) is 0 Å². The summed E-state index contributed by atoms with van der Waals surface area (Å²) in [6.45, 7) is 5.25. The summed E-state index contributed by atoms with van der Waals surface area (Å²) in [6, 6.07) is 19.6. The highest BCUT2D eigenvalue weighted by Gasteiger charge is 2.36. The first-order valence-corrected chi connectivity index (χ1v) is 9.60. The standard InChI is InChI=1S/C22H23N3O2/c1-2-27-22(26)23-11-12-24-19-10-6-4-8-17(19)14-25-18-9-5-3-7-16(18)13-20(25)21(24)15-23/h3-10,13,21H,2,11-12,14-15H2,1H3. The Labute approximate surface area is 158 Å². The third-order valence-electron chi connectivity index (χ3n) is 5.72. The second-order valence-corrected chi connectivity index (χ2v) is 7.20. The average molecular weight is 361 g/mol. The number of nitrogens with zero attached hydrogens (tertiary/aromatic N) is 3. The third-order valence-corrected chi connectivity index (χ3v) is 5.72. The summed E-state index contributed by atoms with van der Waals surface area (Å²) in [4.78, 5) is 16.7. The van der Waals surface area contributed by atoms with Crippen molar-refractivity contribution in [1.82, 2.24) is 9.47 Å². The van der Waals surface area contributed by atoms with E-state index < -0.39 is 0 Å². The maximum Gasteiger partial charge on any atom is 0.409 e. The summed E-state index contributed by atoms with van der Waals surface area (Å²) in [5, 5.41) is 1.25. The Morgan fingerprint density at radius 1 is 1.11 bits per heavy atom. The van der Waals surface area contributed by atoms with Crippen molar-refractivity contribution in [2.75, 3.05) is 31.1 Å². The van der Waals surface area contributed by atoms with E-state index in [1.165, 1.54) is 27.8 Å². The summed E-state index contributed by atoms with van der Waals surface area (Å²) in [5.74, 6) is 0. The lowest BCUT2D eigenvalue weighted by atomic mass is 10.1. The molecule has 1 aromatic heterocycles. The Morgan fingerprint density at radius 2 is 1.93 bits per heavy atom. The van der Waals surface area contributed by atoms with Crippen LogP contribution < -0.4 is 4.90 Å². The molecule has 2 aromatic carbocycles. The van der Waals surface area contributed by atoms with Crippen LogP contribution in [0.15, 0.2) is 54.6 Å². The van der Waals surface area contributed by atoms with Crippen LogP contribution in [0, 0.1) is 0 Å². The molecule has 5 nitrogen and oxygen atoms in total. The van der Waals surface area contributed by atoms with Crippen molar-refractivity contribution in [1.29, 1.82) is 0 Å². The van der Waals surface area contributed by atoms with Gasteiger partial charge in [0.25, 0.3) is 0 Å². The molecule has 3 aromatic rings. The number of hydrogen-bond acceptors (Lipinski definition) is 3. The number of anilines is 1. The number of hydrogen-bond donors (Lipinski definition) is 0. The number of para-hydroxylation sites is 2. The highest BCUT2D eigenvalue weighted by atomic mass is 16.6. The first kappa shape index (κ1) is 16.2. The summed E-state index contributed by atoms with van der Waals surface area (Å²) in [5.41, 5.74) is 5.12. The van der Waals surface area contributed by atoms with Crippen molar-refractivity contribution >= 4 is 22.7 Å². The number of aromatic nitrogens is 1. The van der Waals surface area contributed by atoms with Gasteiger partial charge in [-0.3, -0.25) is 0 Å². The summed E-state index contributed by atoms with van der Waals surface area (Å²) in [6.07, 6.45) is -0.211. The number of amides is 1. The SMILES string of the molecule is CCOC(=O)N1CCN2c3ccccc3Cn3c(cc4ccccc43)C2C1. The fourth-order valence-corrected chi connectivity index (χ4v) is 4.48. The largest absolute Gasteiger partial charge is 0.450 e. The quantitative estimate of drug-likeness (QED) is 0.657. The van der Waals surface area contributed by atoms with Crippen LogP contribution >= 0.6 is 0 Å². The molecule has 5 rings (SSSR count). The van der Waals surface area contributed by atoms with Gasteiger partial charge in [0.1, 0.15) is 0 Å². The van der Waals surface area contributed by atoms with Gasteiger partial charge in [-0.05, 0) is 36.1 Å². The van der Waals surface area contributed by atoms with Crippen molar-refractivity contribution in [2.45, 2.75) is 19.5 Å². The van der Waals surface area contributed by atoms with Crippen molar-refractivity contribution in [2.24, 2.45) is 0 Å². The monoisotopic (exact) mass is 361 g/mol. The number of ether oxygens (including phenoxy) is 1. The van der Waals surface area contributed by atoms with Crippen molar-refractivity contribution in [3.05, 3.63) is 65.9 Å². The van der Waals surface area contributed by atoms with Crippen LogP contribution in [0.4, 0.5) is 10.5 Å². The predicted molar refractivity (Wildman–Crippen MR) is 106 cm³/mol. The Hall–Kier alpha value is -2.95. The molecule has 2 aliphatic rings. The fraction of sp³-hybridized carbons (Fsp3) is 0.318. The zero-order chi connectivity index (χ0) is 18.4. The molecule has 27 heavy (non-hydrogen) atoms. The summed E-state index contributed by atoms with van der Waals surface area (Å²) in [7, 11) is 0. The zero-order valence-electron chi connectivity index (χ0n) is 15.5. The molecule has 0 spiro atoms. The minimum Gasteiger partial charge on any atom is -0.450 e. The Morgan fingerprint density at radius 3 is 2.81 bits per heavy atom. The van der Waals surface area contributed by atoms with E-state index in [0.717, 1.165) is 13.1 Å². The smallest absolute Gasteiger partial charge is 0.409 e. The van der Waals surface area contributed by atoms with Gasteiger partial charge < -0.3 is 19.1 Å². The van der Waals surface area contributed by atoms with Gasteiger partial charge in [0.15, 0.2) is 0 Å². The summed E-state index contributed by atoms with van der Waals surface area (Å²) < 4.78 is 7.68. The maximum atomic E-state index is 12.4. The molecule has 0 saturated carbocycles. The molecule has 2 aliphatic heterocycles. The molecule has 1 fully saturated rings. The van der Waals surface area contributed by atoms with Crippen molar-refractivity contribution < 1.29 is 9.53 Å². The second kappa shape index (κ2) is 6.34. The molecule has 0 aliphatic carbocycles. The molecule has 1 amide bonds. The van der Waals surface area contributed by atoms with Crippen LogP contribution in [0.5, 0.6) is 0 Å². The highest BCUT2D eigenvalue weighted by molar-refractivity contribution is 5.82. The molecule has 138 valence electrons. The number of carbonyl (C=O) groups is 1. The van der Waals surface area contributed by atoms with Crippen LogP contribution in [-0.2, 0) is 11.3 Å². The molecule has 3 heterocycles. The molecule has 1 unspecified atom stereocenters. The molecule has 0 N–H and O–H groups in total. The van der Waals surface area contributed by atoms with Gasteiger partial charge in [0.2, 0.25) is 0 Å². The van der Waals surface area contributed by atoms with E-state index in [9.17, 15) is 4.79 Å². The van der Waals surface area contributed by atoms with Crippen molar-refractivity contribution in [3.63, 3.8) is 0 Å². The first-order chi connectivity index (χ1) is 13.3. The summed E-state index contributed by atoms with van der Waals surface area (Å²) >= 11 is 0. The molecule has 1 saturated heterocycles. The number of fused-ring (bicyclic) bond motifs is 7. The van der Waals surface area contributed by atoms with E-state index >= 15 is 0 Å². The average Bonchev–Trinajstić information content (AvgIpc) is 3.00. The Balaban J connectivity index is 1.65. The van der Waals surface area contributed by atoms with Crippen LogP contribution in [-0.4, -0.2) is 41.8 Å². The van der Waals surface area contributed by atoms with Gasteiger partial charge in [0.05, 0.1) is 19.2 Å². The predicted octanol–water partition coefficient (Wildman–Crippen LogP) is 4.02. The topological polar surface area (TPSA) is 37.7 Å². The lowest BCUT2D eigenvalue weighted by molar-refractivity contribution is 0.0988. The molecule has 5 heteroatoms. The fourth-order valence-electron chi connectivity index (χ4n) is 4.48. The molecule has 0 radical (unpaired) electrons. The Bertz CT molecular complexity index is 1010. The maximum absolute atomic E-state index is 12.4. The second-order valence-electron chi connectivity index (χ2n) is 7.20. The first-order valence-electron chi connectivity index (χ1n) is 9.60. The molecule has 1 atom stereocenters. The van der Waals surface area contributed by atoms with Gasteiger partial charge in [-0.2, -0.15) is 0 Å². The van der Waals surface area contributed by atoms with Gasteiger partial charge in [0, 0.05) is 36.5 Å². The van der Waals surface area contributed by atoms with E-state index in [0.29, 0.717) is 19.7 Å². The van der Waals surface area contributed by atoms with Gasteiger partial charge in [-0.1, -0.05) is 36.4 Å². The lowest BCUT2D eigenvalue weighted by Crippen LogP contribution is -2.51. The number of carbonyl (C=O) groups excluding carboxylic acids is 1. The van der Waals surface area contributed by atoms with E-state index in [-0.39, 0.29) is 12.1 Å².